The van der Waals surface area contributed by atoms with Crippen molar-refractivity contribution >= 4 is 6.09 Å². The Morgan fingerprint density at radius 2 is 1.72 bits per heavy atom. The van der Waals surface area contributed by atoms with Crippen molar-refractivity contribution in [1.82, 2.24) is 5.32 Å². The Balaban J connectivity index is 1.68. The minimum absolute atomic E-state index is 0.0162. The molecule has 0 bridgehead atoms. The number of nitrogens with one attached hydrogen (secondary N) is 1. The number of aliphatic hydroxyl groups is 1. The van der Waals surface area contributed by atoms with E-state index in [4.69, 9.17) is 14.6 Å². The van der Waals surface area contributed by atoms with Crippen LogP contribution in [0.1, 0.15) is 23.5 Å². The van der Waals surface area contributed by atoms with Crippen molar-refractivity contribution in [2.45, 2.75) is 18.4 Å². The molecule has 0 saturated carbocycles. The van der Waals surface area contributed by atoms with Crippen LogP contribution in [0.15, 0.2) is 48.5 Å². The van der Waals surface area contributed by atoms with Crippen LogP contribution in [0.25, 0.3) is 11.1 Å². The van der Waals surface area contributed by atoms with Crippen molar-refractivity contribution in [2.24, 2.45) is 0 Å². The van der Waals surface area contributed by atoms with Crippen LogP contribution < -0.4 is 5.32 Å². The highest BCUT2D eigenvalue weighted by Gasteiger charge is 2.29. The van der Waals surface area contributed by atoms with E-state index in [1.54, 1.807) is 7.11 Å². The zero-order chi connectivity index (χ0) is 17.6. The number of fused-ring (bicyclic) bond motifs is 3. The molecule has 0 saturated heterocycles. The predicted molar refractivity (Wildman–Crippen MR) is 95.6 cm³/mol. The normalized spacial score (nSPS) is 13.8. The molecule has 1 unspecified atom stereocenters. The van der Waals surface area contributed by atoms with Crippen molar-refractivity contribution in [3.8, 4) is 11.1 Å². The fourth-order valence-corrected chi connectivity index (χ4v) is 3.36. The average molecular weight is 341 g/mol. The summed E-state index contributed by atoms with van der Waals surface area (Å²) in [6.45, 7) is 0.598. The predicted octanol–water partition coefficient (Wildman–Crippen LogP) is 2.92. The zero-order valence-corrected chi connectivity index (χ0v) is 14.3. The molecule has 0 spiro atoms. The van der Waals surface area contributed by atoms with E-state index in [0.29, 0.717) is 13.0 Å². The maximum absolute atomic E-state index is 12.1. The Bertz CT molecular complexity index is 680. The van der Waals surface area contributed by atoms with Crippen LogP contribution in [-0.2, 0) is 9.47 Å². The van der Waals surface area contributed by atoms with Gasteiger partial charge in [-0.1, -0.05) is 48.5 Å². The second-order valence-corrected chi connectivity index (χ2v) is 6.13. The van der Waals surface area contributed by atoms with Gasteiger partial charge in [0.05, 0.1) is 12.6 Å². The molecule has 0 radical (unpaired) electrons. The highest BCUT2D eigenvalue weighted by atomic mass is 16.5. The SMILES string of the molecule is COCC(CCO)NC(=O)OCC1c2ccccc2-c2ccccc21. The lowest BCUT2D eigenvalue weighted by molar-refractivity contribution is 0.116. The summed E-state index contributed by atoms with van der Waals surface area (Å²) in [6.07, 6.45) is -0.0599. The Kier molecular flexibility index (Phi) is 5.68. The first-order chi connectivity index (χ1) is 12.2. The number of rotatable bonds is 7. The van der Waals surface area contributed by atoms with Crippen LogP contribution in [-0.4, -0.2) is 44.2 Å². The fourth-order valence-electron chi connectivity index (χ4n) is 3.36. The van der Waals surface area contributed by atoms with Gasteiger partial charge >= 0.3 is 6.09 Å². The third-order valence-electron chi connectivity index (χ3n) is 4.51. The molecule has 0 aromatic heterocycles. The van der Waals surface area contributed by atoms with Crippen molar-refractivity contribution < 1.29 is 19.4 Å². The van der Waals surface area contributed by atoms with E-state index in [-0.39, 0.29) is 25.2 Å². The standard InChI is InChI=1S/C20H23NO4/c1-24-12-14(10-11-22)21-20(23)25-13-19-17-8-4-2-6-15(17)16-7-3-5-9-18(16)19/h2-9,14,19,22H,10-13H2,1H3,(H,21,23). The van der Waals surface area contributed by atoms with E-state index in [1.807, 2.05) is 24.3 Å². The summed E-state index contributed by atoms with van der Waals surface area (Å²) >= 11 is 0. The monoisotopic (exact) mass is 341 g/mol. The molecule has 1 aliphatic carbocycles. The van der Waals surface area contributed by atoms with Gasteiger partial charge in [0, 0.05) is 19.6 Å². The number of alkyl carbamates (subject to hydrolysis) is 1. The van der Waals surface area contributed by atoms with Gasteiger partial charge in [-0.2, -0.15) is 0 Å². The van der Waals surface area contributed by atoms with Crippen LogP contribution in [0.4, 0.5) is 4.79 Å². The molecule has 2 N–H and O–H groups in total. The Morgan fingerprint density at radius 3 is 2.28 bits per heavy atom. The minimum atomic E-state index is -0.489. The van der Waals surface area contributed by atoms with E-state index in [0.717, 1.165) is 0 Å². The van der Waals surface area contributed by atoms with Gasteiger partial charge in [-0.3, -0.25) is 0 Å². The van der Waals surface area contributed by atoms with Crippen molar-refractivity contribution in [3.05, 3.63) is 59.7 Å². The van der Waals surface area contributed by atoms with Crippen LogP contribution in [0, 0.1) is 0 Å². The highest BCUT2D eigenvalue weighted by Crippen LogP contribution is 2.44. The molecule has 0 fully saturated rings. The topological polar surface area (TPSA) is 67.8 Å². The number of ether oxygens (including phenoxy) is 2. The third-order valence-corrected chi connectivity index (χ3v) is 4.51. The Hall–Kier alpha value is -2.37. The second-order valence-electron chi connectivity index (χ2n) is 6.13. The molecule has 1 amide bonds. The first-order valence-electron chi connectivity index (χ1n) is 8.46. The van der Waals surface area contributed by atoms with E-state index in [2.05, 4.69) is 29.6 Å². The van der Waals surface area contributed by atoms with E-state index < -0.39 is 6.09 Å². The minimum Gasteiger partial charge on any atom is -0.449 e. The van der Waals surface area contributed by atoms with Crippen LogP contribution >= 0.6 is 0 Å². The first kappa shape index (κ1) is 17.5. The van der Waals surface area contributed by atoms with Gasteiger partial charge in [-0.25, -0.2) is 4.79 Å². The molecule has 1 aliphatic rings. The number of aliphatic hydroxyl groups excluding tert-OH is 1. The van der Waals surface area contributed by atoms with E-state index in [9.17, 15) is 4.79 Å². The number of carbonyl (C=O) groups is 1. The summed E-state index contributed by atoms with van der Waals surface area (Å²) in [5, 5.41) is 11.8. The third kappa shape index (κ3) is 3.83. The van der Waals surface area contributed by atoms with Crippen LogP contribution in [0.5, 0.6) is 0 Å². The quantitative estimate of drug-likeness (QED) is 0.812. The lowest BCUT2D eigenvalue weighted by Crippen LogP contribution is -2.39. The number of hydrogen-bond donors (Lipinski definition) is 2. The Labute approximate surface area is 147 Å². The number of carbonyl (C=O) groups excluding carboxylic acids is 1. The summed E-state index contributed by atoms with van der Waals surface area (Å²) in [6, 6.07) is 16.2. The largest absolute Gasteiger partial charge is 0.449 e. The summed E-state index contributed by atoms with van der Waals surface area (Å²) in [5.41, 5.74) is 4.76. The van der Waals surface area contributed by atoms with Crippen molar-refractivity contribution in [1.29, 1.82) is 0 Å². The molecule has 5 nitrogen and oxygen atoms in total. The Morgan fingerprint density at radius 1 is 1.12 bits per heavy atom. The van der Waals surface area contributed by atoms with Crippen LogP contribution in [0.3, 0.4) is 0 Å². The van der Waals surface area contributed by atoms with Gasteiger partial charge in [-0.15, -0.1) is 0 Å². The average Bonchev–Trinajstić information content (AvgIpc) is 2.94. The summed E-state index contributed by atoms with van der Waals surface area (Å²) in [5.74, 6) is 0.0388. The number of benzene rings is 2. The first-order valence-corrected chi connectivity index (χ1v) is 8.46. The molecule has 5 heteroatoms. The van der Waals surface area contributed by atoms with Crippen molar-refractivity contribution in [3.63, 3.8) is 0 Å². The maximum atomic E-state index is 12.1. The van der Waals surface area contributed by atoms with Gasteiger partial charge in [0.15, 0.2) is 0 Å². The van der Waals surface area contributed by atoms with Gasteiger partial charge in [0.1, 0.15) is 6.61 Å². The zero-order valence-electron chi connectivity index (χ0n) is 14.3. The molecule has 0 heterocycles. The van der Waals surface area contributed by atoms with E-state index >= 15 is 0 Å². The molecule has 25 heavy (non-hydrogen) atoms. The van der Waals surface area contributed by atoms with Gasteiger partial charge in [-0.05, 0) is 28.7 Å². The molecule has 2 aromatic carbocycles. The number of hydrogen-bond acceptors (Lipinski definition) is 4. The fraction of sp³-hybridized carbons (Fsp3) is 0.350. The van der Waals surface area contributed by atoms with Gasteiger partial charge in [0.25, 0.3) is 0 Å². The summed E-state index contributed by atoms with van der Waals surface area (Å²) < 4.78 is 10.5. The molecule has 2 aromatic rings. The number of methoxy groups -OCH3 is 1. The molecule has 132 valence electrons. The van der Waals surface area contributed by atoms with Crippen LogP contribution in [0.2, 0.25) is 0 Å². The smallest absolute Gasteiger partial charge is 0.407 e. The van der Waals surface area contributed by atoms with Crippen molar-refractivity contribution in [2.75, 3.05) is 26.9 Å². The molecular weight excluding hydrogens is 318 g/mol. The van der Waals surface area contributed by atoms with Gasteiger partial charge < -0.3 is 19.9 Å². The maximum Gasteiger partial charge on any atom is 0.407 e. The molecular formula is C20H23NO4. The second kappa shape index (κ2) is 8.14. The molecule has 0 aliphatic heterocycles. The van der Waals surface area contributed by atoms with E-state index in [1.165, 1.54) is 22.3 Å². The lowest BCUT2D eigenvalue weighted by atomic mass is 9.98. The van der Waals surface area contributed by atoms with Gasteiger partial charge in [0.2, 0.25) is 0 Å². The lowest BCUT2D eigenvalue weighted by Gasteiger charge is -2.18. The molecule has 3 rings (SSSR count). The summed E-state index contributed by atoms with van der Waals surface area (Å²) in [7, 11) is 1.56. The summed E-state index contributed by atoms with van der Waals surface area (Å²) in [4.78, 5) is 12.1. The number of amides is 1. The highest BCUT2D eigenvalue weighted by molar-refractivity contribution is 5.79. The molecule has 1 atom stereocenters.